The number of carbonyl (C=O) groups excluding carboxylic acids is 3. The molecule has 4 aromatic rings. The zero-order valence-corrected chi connectivity index (χ0v) is 24.9. The van der Waals surface area contributed by atoms with Crippen molar-refractivity contribution in [3.63, 3.8) is 0 Å². The zero-order valence-electron chi connectivity index (χ0n) is 23.3. The molecule has 0 radical (unpaired) electrons. The Labute approximate surface area is 245 Å². The van der Waals surface area contributed by atoms with E-state index in [1.54, 1.807) is 34.3 Å². The molecule has 1 N–H and O–H groups in total. The number of anilines is 1. The monoisotopic (exact) mass is 615 g/mol. The van der Waals surface area contributed by atoms with Crippen molar-refractivity contribution < 1.29 is 14.4 Å². The van der Waals surface area contributed by atoms with Gasteiger partial charge in [-0.25, -0.2) is 15.0 Å². The molecule has 2 fully saturated rings. The van der Waals surface area contributed by atoms with Crippen LogP contribution in [0.4, 0.5) is 5.82 Å². The van der Waals surface area contributed by atoms with Crippen LogP contribution in [-0.4, -0.2) is 59.1 Å². The average Bonchev–Trinajstić information content (AvgIpc) is 3.39. The number of rotatable bonds is 6. The summed E-state index contributed by atoms with van der Waals surface area (Å²) in [6, 6.07) is 4.91. The molecule has 4 aromatic heterocycles. The van der Waals surface area contributed by atoms with Crippen molar-refractivity contribution in [2.45, 2.75) is 65.6 Å². The van der Waals surface area contributed by atoms with E-state index in [2.05, 4.69) is 48.1 Å². The summed E-state index contributed by atoms with van der Waals surface area (Å²) in [6.07, 6.45) is 9.20. The van der Waals surface area contributed by atoms with Crippen LogP contribution in [0.3, 0.4) is 0 Å². The molecule has 1 saturated heterocycles. The Morgan fingerprint density at radius 3 is 2.56 bits per heavy atom. The number of nitrogens with one attached hydrogen (secondary N) is 1. The van der Waals surface area contributed by atoms with Crippen LogP contribution in [0.2, 0.25) is 0 Å². The summed E-state index contributed by atoms with van der Waals surface area (Å²) in [4.78, 5) is 59.4. The Hall–Kier alpha value is -3.99. The molecule has 0 unspecified atom stereocenters. The number of pyridine rings is 2. The Morgan fingerprint density at radius 2 is 1.88 bits per heavy atom. The molecular formula is C30H30BrN7O3. The highest BCUT2D eigenvalue weighted by Gasteiger charge is 2.58. The first-order valence-corrected chi connectivity index (χ1v) is 14.4. The van der Waals surface area contributed by atoms with E-state index in [-0.39, 0.29) is 35.6 Å². The van der Waals surface area contributed by atoms with E-state index in [1.807, 2.05) is 32.0 Å². The van der Waals surface area contributed by atoms with Crippen LogP contribution in [0.15, 0.2) is 47.6 Å². The van der Waals surface area contributed by atoms with Crippen LogP contribution in [0.5, 0.6) is 0 Å². The number of ketones is 1. The SMILES string of the molecule is CC(=O)c1cn(CC(=O)N2[C@H](C(=O)Nc3nc(Br)ccc3C)C[C@@]3(C)CC[C@@H]23)c2cnc(-c3cnc(C)nc3)cc12. The minimum absolute atomic E-state index is 0.0109. The standard InChI is InChI=1S/C30H30BrN7O3/c1-16-5-6-26(31)35-28(16)36-29(41)23-10-30(4)8-7-25(30)38(23)27(40)15-37-14-21(17(2)39)20-9-22(34-13-24(20)37)19-11-32-18(3)33-12-19/h5-6,9,11-14,23,25H,7-8,10,15H2,1-4H3,(H,35,36,41)/t23-,25+,30+/m0/s1. The number of halogens is 1. The van der Waals surface area contributed by atoms with Gasteiger partial charge in [-0.2, -0.15) is 0 Å². The maximum Gasteiger partial charge on any atom is 0.248 e. The third-order valence-electron chi connectivity index (χ3n) is 8.55. The van der Waals surface area contributed by atoms with Gasteiger partial charge in [-0.1, -0.05) is 13.0 Å². The van der Waals surface area contributed by atoms with Crippen molar-refractivity contribution in [3.05, 3.63) is 64.5 Å². The fraction of sp³-hybridized carbons (Fsp3) is 0.367. The van der Waals surface area contributed by atoms with Gasteiger partial charge < -0.3 is 14.8 Å². The number of amides is 2. The highest BCUT2D eigenvalue weighted by atomic mass is 79.9. The molecule has 1 saturated carbocycles. The van der Waals surface area contributed by atoms with Crippen molar-refractivity contribution in [3.8, 4) is 11.3 Å². The highest BCUT2D eigenvalue weighted by Crippen LogP contribution is 2.54. The summed E-state index contributed by atoms with van der Waals surface area (Å²) in [5, 5.41) is 3.66. The van der Waals surface area contributed by atoms with Crippen molar-refractivity contribution in [2.24, 2.45) is 5.41 Å². The van der Waals surface area contributed by atoms with Gasteiger partial charge in [0.2, 0.25) is 11.8 Å². The normalized spacial score (nSPS) is 21.4. The second kappa shape index (κ2) is 10.1. The lowest BCUT2D eigenvalue weighted by molar-refractivity contribution is -0.141. The van der Waals surface area contributed by atoms with Gasteiger partial charge >= 0.3 is 0 Å². The first-order chi connectivity index (χ1) is 19.5. The minimum Gasteiger partial charge on any atom is -0.336 e. The molecule has 1 aliphatic carbocycles. The summed E-state index contributed by atoms with van der Waals surface area (Å²) in [7, 11) is 0. The molecule has 3 atom stereocenters. The number of fused-ring (bicyclic) bond motifs is 2. The van der Waals surface area contributed by atoms with Crippen LogP contribution in [-0.2, 0) is 16.1 Å². The Morgan fingerprint density at radius 1 is 1.12 bits per heavy atom. The molecule has 210 valence electrons. The highest BCUT2D eigenvalue weighted by molar-refractivity contribution is 9.10. The second-order valence-corrected chi connectivity index (χ2v) is 12.2. The number of aryl methyl sites for hydroxylation is 2. The average molecular weight is 617 g/mol. The fourth-order valence-electron chi connectivity index (χ4n) is 6.14. The predicted octanol–water partition coefficient (Wildman–Crippen LogP) is 4.88. The molecule has 2 aliphatic rings. The summed E-state index contributed by atoms with van der Waals surface area (Å²) in [5.41, 5.74) is 3.29. The van der Waals surface area contributed by atoms with Crippen molar-refractivity contribution in [1.29, 1.82) is 0 Å². The lowest BCUT2D eigenvalue weighted by Gasteiger charge is -2.44. The molecule has 0 aromatic carbocycles. The van der Waals surface area contributed by atoms with Crippen LogP contribution < -0.4 is 5.32 Å². The Balaban J connectivity index is 1.31. The third-order valence-corrected chi connectivity index (χ3v) is 8.99. The first kappa shape index (κ1) is 27.2. The molecule has 11 heteroatoms. The Bertz CT molecular complexity index is 1720. The van der Waals surface area contributed by atoms with Crippen molar-refractivity contribution in [1.82, 2.24) is 29.4 Å². The van der Waals surface area contributed by atoms with Gasteiger partial charge in [0.25, 0.3) is 0 Å². The maximum atomic E-state index is 14.0. The smallest absolute Gasteiger partial charge is 0.248 e. The van der Waals surface area contributed by atoms with Crippen LogP contribution in [0.25, 0.3) is 22.2 Å². The lowest BCUT2D eigenvalue weighted by atomic mass is 9.66. The van der Waals surface area contributed by atoms with Crippen LogP contribution in [0.1, 0.15) is 54.9 Å². The van der Waals surface area contributed by atoms with Crippen LogP contribution >= 0.6 is 15.9 Å². The first-order valence-electron chi connectivity index (χ1n) is 13.6. The van der Waals surface area contributed by atoms with E-state index < -0.39 is 6.04 Å². The minimum atomic E-state index is -0.611. The van der Waals surface area contributed by atoms with Crippen LogP contribution in [0, 0.1) is 19.3 Å². The molecule has 0 spiro atoms. The van der Waals surface area contributed by atoms with Gasteiger partial charge in [-0.05, 0) is 79.1 Å². The predicted molar refractivity (Wildman–Crippen MR) is 157 cm³/mol. The maximum absolute atomic E-state index is 14.0. The largest absolute Gasteiger partial charge is 0.336 e. The van der Waals surface area contributed by atoms with Gasteiger partial charge in [0.15, 0.2) is 5.78 Å². The lowest BCUT2D eigenvalue weighted by Crippen LogP contribution is -2.52. The summed E-state index contributed by atoms with van der Waals surface area (Å²) < 4.78 is 2.39. The topological polar surface area (TPSA) is 123 Å². The fourth-order valence-corrected chi connectivity index (χ4v) is 6.45. The Kier molecular flexibility index (Phi) is 6.72. The number of Topliss-reactive ketones (excluding diaryl/α,β-unsaturated/α-hetero) is 1. The molecule has 2 amide bonds. The van der Waals surface area contributed by atoms with E-state index in [9.17, 15) is 14.4 Å². The quantitative estimate of drug-likeness (QED) is 0.242. The summed E-state index contributed by atoms with van der Waals surface area (Å²) >= 11 is 3.37. The molecular weight excluding hydrogens is 586 g/mol. The molecule has 0 bridgehead atoms. The van der Waals surface area contributed by atoms with Gasteiger partial charge in [0.1, 0.15) is 28.8 Å². The number of likely N-dealkylation sites (tertiary alicyclic amines) is 1. The van der Waals surface area contributed by atoms with Gasteiger partial charge in [0, 0.05) is 41.1 Å². The van der Waals surface area contributed by atoms with Gasteiger partial charge in [-0.15, -0.1) is 0 Å². The molecule has 6 rings (SSSR count). The van der Waals surface area contributed by atoms with E-state index in [0.717, 1.165) is 24.0 Å². The summed E-state index contributed by atoms with van der Waals surface area (Å²) in [6.45, 7) is 7.34. The van der Waals surface area contributed by atoms with E-state index >= 15 is 0 Å². The molecule has 41 heavy (non-hydrogen) atoms. The number of hydrogen-bond acceptors (Lipinski definition) is 7. The molecule has 1 aliphatic heterocycles. The summed E-state index contributed by atoms with van der Waals surface area (Å²) in [5.74, 6) is 0.616. The molecule has 5 heterocycles. The van der Waals surface area contributed by atoms with E-state index in [0.29, 0.717) is 44.8 Å². The van der Waals surface area contributed by atoms with E-state index in [4.69, 9.17) is 0 Å². The van der Waals surface area contributed by atoms with E-state index in [1.165, 1.54) is 6.92 Å². The number of nitrogens with zero attached hydrogens (tertiary/aromatic N) is 6. The second-order valence-electron chi connectivity index (χ2n) is 11.4. The number of aromatic nitrogens is 5. The van der Waals surface area contributed by atoms with Gasteiger partial charge in [-0.3, -0.25) is 19.4 Å². The van der Waals surface area contributed by atoms with Gasteiger partial charge in [0.05, 0.1) is 17.4 Å². The van der Waals surface area contributed by atoms with Crippen molar-refractivity contribution in [2.75, 3.05) is 5.32 Å². The van der Waals surface area contributed by atoms with Crippen molar-refractivity contribution >= 4 is 50.2 Å². The zero-order chi connectivity index (χ0) is 29.1. The number of hydrogen-bond donors (Lipinski definition) is 1. The molecule has 10 nitrogen and oxygen atoms in total. The third kappa shape index (κ3) is 4.81. The number of carbonyl (C=O) groups is 3.